The first kappa shape index (κ1) is 20.7. The van der Waals surface area contributed by atoms with Crippen LogP contribution in [0, 0.1) is 17.3 Å². The number of carbonyl (C=O) groups excluding carboxylic acids is 2. The van der Waals surface area contributed by atoms with Crippen LogP contribution in [-0.4, -0.2) is 24.7 Å². The van der Waals surface area contributed by atoms with Crippen molar-refractivity contribution < 1.29 is 18.7 Å². The Morgan fingerprint density at radius 3 is 2.90 bits per heavy atom. The molecule has 2 aliphatic carbocycles. The number of rotatable bonds is 6. The predicted molar refractivity (Wildman–Crippen MR) is 114 cm³/mol. The van der Waals surface area contributed by atoms with Gasteiger partial charge in [-0.1, -0.05) is 31.4 Å². The Bertz CT molecular complexity index is 999. The number of nitrogens with zero attached hydrogens (tertiary/aromatic N) is 1. The zero-order valence-corrected chi connectivity index (χ0v) is 17.9. The van der Waals surface area contributed by atoms with Crippen LogP contribution in [0.4, 0.5) is 0 Å². The van der Waals surface area contributed by atoms with Gasteiger partial charge in [0.25, 0.3) is 0 Å². The van der Waals surface area contributed by atoms with Crippen LogP contribution in [-0.2, 0) is 9.53 Å². The SMILES string of the molecule is CCOC(=O)c1cc(-c2ccc(/C=N\NC(=O)[C@@H]3[C@@H]4CCCC[C@@]34C)o2)ccc1Cl. The van der Waals surface area contributed by atoms with Gasteiger partial charge in [-0.25, -0.2) is 10.2 Å². The maximum absolute atomic E-state index is 12.5. The highest BCUT2D eigenvalue weighted by atomic mass is 35.5. The molecular formula is C23H25ClN2O4. The fraction of sp³-hybridized carbons (Fsp3) is 0.435. The molecule has 0 aliphatic heterocycles. The molecule has 0 unspecified atom stereocenters. The number of hydrogen-bond donors (Lipinski definition) is 1. The van der Waals surface area contributed by atoms with E-state index < -0.39 is 5.97 Å². The Hall–Kier alpha value is -2.60. The summed E-state index contributed by atoms with van der Waals surface area (Å²) in [5.41, 5.74) is 3.80. The minimum atomic E-state index is -0.477. The summed E-state index contributed by atoms with van der Waals surface area (Å²) in [6.07, 6.45) is 6.16. The van der Waals surface area contributed by atoms with E-state index in [1.807, 2.05) is 0 Å². The van der Waals surface area contributed by atoms with E-state index in [-0.39, 0.29) is 29.4 Å². The molecule has 0 radical (unpaired) electrons. The van der Waals surface area contributed by atoms with Gasteiger partial charge in [0.2, 0.25) is 5.91 Å². The van der Waals surface area contributed by atoms with Gasteiger partial charge in [-0.05, 0) is 61.4 Å². The maximum Gasteiger partial charge on any atom is 0.339 e. The van der Waals surface area contributed by atoms with Gasteiger partial charge >= 0.3 is 5.97 Å². The van der Waals surface area contributed by atoms with Crippen molar-refractivity contribution in [1.29, 1.82) is 0 Å². The molecule has 2 aromatic rings. The molecule has 2 fully saturated rings. The molecule has 6 nitrogen and oxygen atoms in total. The largest absolute Gasteiger partial charge is 0.462 e. The van der Waals surface area contributed by atoms with Gasteiger partial charge < -0.3 is 9.15 Å². The van der Waals surface area contributed by atoms with E-state index in [9.17, 15) is 9.59 Å². The van der Waals surface area contributed by atoms with Crippen LogP contribution in [0.3, 0.4) is 0 Å². The minimum Gasteiger partial charge on any atom is -0.462 e. The number of esters is 1. The standard InChI is InChI=1S/C23H25ClN2O4/c1-3-29-22(28)16-12-14(7-9-18(16)24)19-10-8-15(30-19)13-25-26-21(27)20-17-6-4-5-11-23(17,20)2/h7-10,12-13,17,20H,3-6,11H2,1-2H3,(H,26,27)/b25-13-/t17-,20-,23+/m0/s1. The lowest BCUT2D eigenvalue weighted by Gasteiger charge is -2.15. The molecule has 1 aromatic carbocycles. The average Bonchev–Trinajstić information content (AvgIpc) is 3.09. The van der Waals surface area contributed by atoms with E-state index >= 15 is 0 Å². The van der Waals surface area contributed by atoms with Crippen molar-refractivity contribution in [1.82, 2.24) is 5.43 Å². The zero-order chi connectivity index (χ0) is 21.3. The Labute approximate surface area is 180 Å². The first-order valence-corrected chi connectivity index (χ1v) is 10.7. The quantitative estimate of drug-likeness (QED) is 0.396. The van der Waals surface area contributed by atoms with E-state index in [1.54, 1.807) is 37.3 Å². The molecule has 0 bridgehead atoms. The lowest BCUT2D eigenvalue weighted by Crippen LogP contribution is -2.22. The lowest BCUT2D eigenvalue weighted by molar-refractivity contribution is -0.123. The molecule has 2 aliphatic rings. The van der Waals surface area contributed by atoms with Gasteiger partial charge in [-0.2, -0.15) is 5.10 Å². The van der Waals surface area contributed by atoms with Gasteiger partial charge in [0.1, 0.15) is 11.5 Å². The fourth-order valence-electron chi connectivity index (χ4n) is 4.70. The smallest absolute Gasteiger partial charge is 0.339 e. The Morgan fingerprint density at radius 2 is 2.17 bits per heavy atom. The maximum atomic E-state index is 12.5. The number of hydrazone groups is 1. The number of amides is 1. The van der Waals surface area contributed by atoms with Crippen molar-refractivity contribution >= 4 is 29.7 Å². The van der Waals surface area contributed by atoms with Crippen molar-refractivity contribution in [2.24, 2.45) is 22.4 Å². The zero-order valence-electron chi connectivity index (χ0n) is 17.1. The lowest BCUT2D eigenvalue weighted by atomic mass is 9.90. The van der Waals surface area contributed by atoms with Crippen molar-refractivity contribution in [3.8, 4) is 11.3 Å². The number of halogens is 1. The third-order valence-electron chi connectivity index (χ3n) is 6.35. The molecule has 158 valence electrons. The highest BCUT2D eigenvalue weighted by Gasteiger charge is 2.64. The van der Waals surface area contributed by atoms with Gasteiger partial charge in [-0.3, -0.25) is 4.79 Å². The minimum absolute atomic E-state index is 0.00999. The van der Waals surface area contributed by atoms with Crippen LogP contribution in [0.5, 0.6) is 0 Å². The number of nitrogens with one attached hydrogen (secondary N) is 1. The van der Waals surface area contributed by atoms with Gasteiger partial charge in [0, 0.05) is 11.5 Å². The van der Waals surface area contributed by atoms with Crippen molar-refractivity contribution in [2.45, 2.75) is 39.5 Å². The van der Waals surface area contributed by atoms with Crippen LogP contribution in [0.1, 0.15) is 55.6 Å². The molecule has 30 heavy (non-hydrogen) atoms. The second-order valence-corrected chi connectivity index (χ2v) is 8.59. The van der Waals surface area contributed by atoms with E-state index in [2.05, 4.69) is 17.5 Å². The molecule has 4 rings (SSSR count). The number of ether oxygens (including phenoxy) is 1. The molecule has 0 spiro atoms. The highest BCUT2D eigenvalue weighted by molar-refractivity contribution is 6.33. The first-order valence-electron chi connectivity index (χ1n) is 10.3. The first-order chi connectivity index (χ1) is 14.4. The summed E-state index contributed by atoms with van der Waals surface area (Å²) in [6.45, 7) is 4.22. The van der Waals surface area contributed by atoms with E-state index in [0.717, 1.165) is 12.8 Å². The molecule has 7 heteroatoms. The molecule has 1 aromatic heterocycles. The van der Waals surface area contributed by atoms with E-state index in [0.29, 0.717) is 28.0 Å². The highest BCUT2D eigenvalue weighted by Crippen LogP contribution is 2.66. The molecule has 1 amide bonds. The topological polar surface area (TPSA) is 80.9 Å². The van der Waals surface area contributed by atoms with E-state index in [4.69, 9.17) is 20.8 Å². The third-order valence-corrected chi connectivity index (χ3v) is 6.68. The van der Waals surface area contributed by atoms with Gasteiger partial charge in [-0.15, -0.1) is 0 Å². The number of fused-ring (bicyclic) bond motifs is 1. The summed E-state index contributed by atoms with van der Waals surface area (Å²) in [7, 11) is 0. The molecule has 2 saturated carbocycles. The summed E-state index contributed by atoms with van der Waals surface area (Å²) in [4.78, 5) is 24.5. The second-order valence-electron chi connectivity index (χ2n) is 8.19. The van der Waals surface area contributed by atoms with Gasteiger partial charge in [0.05, 0.1) is 23.4 Å². The summed E-state index contributed by atoms with van der Waals surface area (Å²) in [6, 6.07) is 8.56. The van der Waals surface area contributed by atoms with Crippen molar-refractivity contribution in [2.75, 3.05) is 6.61 Å². The van der Waals surface area contributed by atoms with Crippen LogP contribution in [0.25, 0.3) is 11.3 Å². The number of hydrogen-bond acceptors (Lipinski definition) is 5. The Balaban J connectivity index is 1.40. The second kappa shape index (κ2) is 8.26. The summed E-state index contributed by atoms with van der Waals surface area (Å²) in [5, 5.41) is 4.39. The van der Waals surface area contributed by atoms with Crippen LogP contribution in [0.15, 0.2) is 39.9 Å². The number of furan rings is 1. The van der Waals surface area contributed by atoms with Gasteiger partial charge in [0.15, 0.2) is 0 Å². The average molecular weight is 429 g/mol. The fourth-order valence-corrected chi connectivity index (χ4v) is 4.90. The predicted octanol–water partition coefficient (Wildman–Crippen LogP) is 5.05. The van der Waals surface area contributed by atoms with Crippen LogP contribution < -0.4 is 5.43 Å². The van der Waals surface area contributed by atoms with Crippen LogP contribution >= 0.6 is 11.6 Å². The van der Waals surface area contributed by atoms with Crippen molar-refractivity contribution in [3.05, 3.63) is 46.7 Å². The van der Waals surface area contributed by atoms with Crippen LogP contribution in [0.2, 0.25) is 5.02 Å². The molecular weight excluding hydrogens is 404 g/mol. The molecule has 1 heterocycles. The number of carbonyl (C=O) groups is 2. The monoisotopic (exact) mass is 428 g/mol. The Kier molecular flexibility index (Phi) is 5.69. The number of benzene rings is 1. The summed E-state index contributed by atoms with van der Waals surface area (Å²) in [5.74, 6) is 1.14. The van der Waals surface area contributed by atoms with E-state index in [1.165, 1.54) is 19.1 Å². The molecule has 0 saturated heterocycles. The molecule has 1 N–H and O–H groups in total. The molecule has 3 atom stereocenters. The van der Waals surface area contributed by atoms with Crippen molar-refractivity contribution in [3.63, 3.8) is 0 Å². The Morgan fingerprint density at radius 1 is 1.33 bits per heavy atom. The summed E-state index contributed by atoms with van der Waals surface area (Å²) < 4.78 is 10.8. The third kappa shape index (κ3) is 3.88. The normalized spacial score (nSPS) is 25.0. The summed E-state index contributed by atoms with van der Waals surface area (Å²) >= 11 is 6.11.